The first-order valence-electron chi connectivity index (χ1n) is 6.07. The first-order chi connectivity index (χ1) is 9.65. The number of nitrogens with zero attached hydrogens (tertiary/aromatic N) is 1. The van der Waals surface area contributed by atoms with Crippen molar-refractivity contribution in [1.82, 2.24) is 4.57 Å². The van der Waals surface area contributed by atoms with Crippen molar-refractivity contribution in [3.05, 3.63) is 63.4 Å². The van der Waals surface area contributed by atoms with Crippen molar-refractivity contribution in [3.8, 4) is 0 Å². The molecule has 0 atom stereocenters. The molecule has 2 aromatic carbocycles. The topological polar surface area (TPSA) is 45.9 Å². The van der Waals surface area contributed by atoms with Crippen molar-refractivity contribution in [2.75, 3.05) is 0 Å². The molecule has 0 spiro atoms. The summed E-state index contributed by atoms with van der Waals surface area (Å²) in [6.07, 6.45) is 0. The lowest BCUT2D eigenvalue weighted by Crippen LogP contribution is -2.19. The number of rotatable bonds is 3. The van der Waals surface area contributed by atoms with Crippen LogP contribution in [0.15, 0.2) is 53.0 Å². The molecule has 0 aliphatic rings. The van der Waals surface area contributed by atoms with Gasteiger partial charge in [-0.1, -0.05) is 51.5 Å². The number of ketones is 1. The molecule has 100 valence electrons. The smallest absolute Gasteiger partial charge is 0.183 e. The molecule has 0 fully saturated rings. The Kier molecular flexibility index (Phi) is 3.54. The molecule has 0 bridgehead atoms. The predicted molar refractivity (Wildman–Crippen MR) is 84.1 cm³/mol. The van der Waals surface area contributed by atoms with Crippen molar-refractivity contribution in [2.45, 2.75) is 6.54 Å². The van der Waals surface area contributed by atoms with Gasteiger partial charge < -0.3 is 4.57 Å². The fourth-order valence-electron chi connectivity index (χ4n) is 2.09. The van der Waals surface area contributed by atoms with Crippen LogP contribution in [-0.4, -0.2) is 10.4 Å². The Bertz CT molecular complexity index is 850. The molecule has 0 radical (unpaired) electrons. The van der Waals surface area contributed by atoms with E-state index in [1.807, 2.05) is 36.4 Å². The van der Waals surface area contributed by atoms with Gasteiger partial charge in [-0.15, -0.1) is 0 Å². The number of para-hydroxylation sites is 1. The predicted octanol–water partition coefficient (Wildman–Crippen LogP) is 3.83. The number of hydrogen-bond acceptors (Lipinski definition) is 3. The van der Waals surface area contributed by atoms with E-state index in [9.17, 15) is 4.79 Å². The average molecular weight is 347 g/mol. The number of halogens is 1. The Labute approximate surface area is 128 Å². The van der Waals surface area contributed by atoms with Crippen molar-refractivity contribution < 1.29 is 4.79 Å². The molecule has 3 aromatic rings. The Balaban J connectivity index is 1.99. The van der Waals surface area contributed by atoms with Gasteiger partial charge in [-0.3, -0.25) is 10.2 Å². The standard InChI is InChI=1S/C15H11BrN2OS/c16-11-5-3-4-10(8-11)13(19)9-18-12-6-1-2-7-14(12)20-15(18)17/h1-8,17H,9H2. The van der Waals surface area contributed by atoms with Gasteiger partial charge in [0.05, 0.1) is 16.8 Å². The molecule has 3 rings (SSSR count). The zero-order chi connectivity index (χ0) is 14.1. The summed E-state index contributed by atoms with van der Waals surface area (Å²) in [4.78, 5) is 12.7. The number of hydrogen-bond donors (Lipinski definition) is 1. The van der Waals surface area contributed by atoms with Crippen LogP contribution in [0.3, 0.4) is 0 Å². The van der Waals surface area contributed by atoms with Crippen molar-refractivity contribution in [1.29, 1.82) is 5.41 Å². The van der Waals surface area contributed by atoms with Gasteiger partial charge in [0, 0.05) is 10.0 Å². The van der Waals surface area contributed by atoms with E-state index in [0.29, 0.717) is 10.4 Å². The quantitative estimate of drug-likeness (QED) is 0.719. The lowest BCUT2D eigenvalue weighted by molar-refractivity contribution is 0.0972. The van der Waals surface area contributed by atoms with Gasteiger partial charge in [-0.25, -0.2) is 0 Å². The minimum atomic E-state index is 0.00773. The molecular weight excluding hydrogens is 336 g/mol. The minimum absolute atomic E-state index is 0.00773. The highest BCUT2D eigenvalue weighted by atomic mass is 79.9. The third-order valence-corrected chi connectivity index (χ3v) is 4.53. The lowest BCUT2D eigenvalue weighted by Gasteiger charge is -2.04. The van der Waals surface area contributed by atoms with Gasteiger partial charge in [-0.2, -0.15) is 0 Å². The third kappa shape index (κ3) is 2.46. The summed E-state index contributed by atoms with van der Waals surface area (Å²) in [6, 6.07) is 15.1. The number of carbonyl (C=O) groups is 1. The molecule has 1 heterocycles. The van der Waals surface area contributed by atoms with E-state index < -0.39 is 0 Å². The van der Waals surface area contributed by atoms with Crippen molar-refractivity contribution in [2.24, 2.45) is 0 Å². The summed E-state index contributed by atoms with van der Waals surface area (Å²) in [5.41, 5.74) is 1.59. The van der Waals surface area contributed by atoms with Crippen LogP contribution in [0.2, 0.25) is 0 Å². The van der Waals surface area contributed by atoms with Gasteiger partial charge in [0.1, 0.15) is 0 Å². The molecule has 5 heteroatoms. The second-order valence-corrected chi connectivity index (χ2v) is 6.34. The highest BCUT2D eigenvalue weighted by Gasteiger charge is 2.11. The summed E-state index contributed by atoms with van der Waals surface area (Å²) in [5, 5.41) is 8.02. The average Bonchev–Trinajstić information content (AvgIpc) is 2.75. The van der Waals surface area contributed by atoms with Gasteiger partial charge in [0.15, 0.2) is 10.6 Å². The highest BCUT2D eigenvalue weighted by molar-refractivity contribution is 9.10. The SMILES string of the molecule is N=c1sc2ccccc2n1CC(=O)c1cccc(Br)c1. The molecule has 0 aliphatic heterocycles. The summed E-state index contributed by atoms with van der Waals surface area (Å²) >= 11 is 4.76. The molecule has 0 saturated carbocycles. The number of thiazole rings is 1. The molecule has 3 nitrogen and oxygen atoms in total. The van der Waals surface area contributed by atoms with Crippen LogP contribution >= 0.6 is 27.3 Å². The molecule has 0 saturated heterocycles. The molecule has 0 unspecified atom stereocenters. The van der Waals surface area contributed by atoms with E-state index in [2.05, 4.69) is 15.9 Å². The number of benzene rings is 2. The number of aromatic nitrogens is 1. The molecule has 1 aromatic heterocycles. The Morgan fingerprint density at radius 3 is 2.80 bits per heavy atom. The molecular formula is C15H11BrN2OS. The second kappa shape index (κ2) is 5.34. The summed E-state index contributed by atoms with van der Waals surface area (Å²) < 4.78 is 3.66. The third-order valence-electron chi connectivity index (χ3n) is 3.06. The lowest BCUT2D eigenvalue weighted by atomic mass is 10.1. The largest absolute Gasteiger partial charge is 0.309 e. The van der Waals surface area contributed by atoms with E-state index in [4.69, 9.17) is 5.41 Å². The van der Waals surface area contributed by atoms with E-state index >= 15 is 0 Å². The number of nitrogens with one attached hydrogen (secondary N) is 1. The van der Waals surface area contributed by atoms with Gasteiger partial charge in [0.25, 0.3) is 0 Å². The summed E-state index contributed by atoms with van der Waals surface area (Å²) in [7, 11) is 0. The Hall–Kier alpha value is -1.72. The number of fused-ring (bicyclic) bond motifs is 1. The maximum atomic E-state index is 12.3. The van der Waals surface area contributed by atoms with Crippen LogP contribution in [0, 0.1) is 5.41 Å². The molecule has 1 N–H and O–H groups in total. The minimum Gasteiger partial charge on any atom is -0.309 e. The zero-order valence-corrected chi connectivity index (χ0v) is 12.9. The monoisotopic (exact) mass is 346 g/mol. The van der Waals surface area contributed by atoms with Crippen molar-refractivity contribution in [3.63, 3.8) is 0 Å². The molecule has 0 aliphatic carbocycles. The number of Topliss-reactive ketones (excluding diaryl/α,β-unsaturated/α-hetero) is 1. The van der Waals surface area contributed by atoms with Gasteiger partial charge in [0.2, 0.25) is 0 Å². The fourth-order valence-corrected chi connectivity index (χ4v) is 3.40. The van der Waals surface area contributed by atoms with Crippen LogP contribution in [0.25, 0.3) is 10.2 Å². The van der Waals surface area contributed by atoms with Crippen LogP contribution in [0.4, 0.5) is 0 Å². The van der Waals surface area contributed by atoms with E-state index in [1.54, 1.807) is 16.7 Å². The molecule has 0 amide bonds. The Morgan fingerprint density at radius 1 is 1.20 bits per heavy atom. The van der Waals surface area contributed by atoms with Crippen LogP contribution in [-0.2, 0) is 6.54 Å². The van der Waals surface area contributed by atoms with E-state index in [0.717, 1.165) is 14.7 Å². The fraction of sp³-hybridized carbons (Fsp3) is 0.0667. The highest BCUT2D eigenvalue weighted by Crippen LogP contribution is 2.18. The van der Waals surface area contributed by atoms with Crippen LogP contribution in [0.1, 0.15) is 10.4 Å². The summed E-state index contributed by atoms with van der Waals surface area (Å²) in [6.45, 7) is 0.194. The zero-order valence-electron chi connectivity index (χ0n) is 10.5. The Morgan fingerprint density at radius 2 is 2.00 bits per heavy atom. The maximum absolute atomic E-state index is 12.3. The molecule has 20 heavy (non-hydrogen) atoms. The maximum Gasteiger partial charge on any atom is 0.183 e. The van der Waals surface area contributed by atoms with Crippen LogP contribution < -0.4 is 4.80 Å². The van der Waals surface area contributed by atoms with Gasteiger partial charge >= 0.3 is 0 Å². The number of carbonyl (C=O) groups excluding carboxylic acids is 1. The summed E-state index contributed by atoms with van der Waals surface area (Å²) in [5.74, 6) is 0.00773. The first-order valence-corrected chi connectivity index (χ1v) is 7.68. The second-order valence-electron chi connectivity index (χ2n) is 4.39. The van der Waals surface area contributed by atoms with E-state index in [1.165, 1.54) is 11.3 Å². The first kappa shape index (κ1) is 13.3. The normalized spacial score (nSPS) is 10.8. The van der Waals surface area contributed by atoms with Crippen molar-refractivity contribution >= 4 is 43.3 Å². The van der Waals surface area contributed by atoms with E-state index in [-0.39, 0.29) is 12.3 Å². The van der Waals surface area contributed by atoms with Crippen LogP contribution in [0.5, 0.6) is 0 Å². The van der Waals surface area contributed by atoms with Gasteiger partial charge in [-0.05, 0) is 24.3 Å².